The Labute approximate surface area is 197 Å². The number of hydrogen-bond acceptors (Lipinski definition) is 5. The molecule has 2 aromatic carbocycles. The molecule has 2 aromatic rings. The Bertz CT molecular complexity index is 864. The molecule has 0 radical (unpaired) electrons. The summed E-state index contributed by atoms with van der Waals surface area (Å²) in [5.74, 6) is 1.94. The van der Waals surface area contributed by atoms with Crippen LogP contribution in [0.15, 0.2) is 42.5 Å². The first-order chi connectivity index (χ1) is 16.0. The molecule has 2 amide bonds. The second-order valence-electron chi connectivity index (χ2n) is 8.76. The van der Waals surface area contributed by atoms with Crippen LogP contribution in [0.4, 0.5) is 10.5 Å². The first-order valence-electron chi connectivity index (χ1n) is 11.8. The van der Waals surface area contributed by atoms with Gasteiger partial charge in [0.2, 0.25) is 0 Å². The van der Waals surface area contributed by atoms with Crippen LogP contribution >= 0.6 is 0 Å². The molecule has 0 atom stereocenters. The van der Waals surface area contributed by atoms with Crippen molar-refractivity contribution in [1.82, 2.24) is 10.2 Å². The summed E-state index contributed by atoms with van der Waals surface area (Å²) in [5.41, 5.74) is 2.98. The Morgan fingerprint density at radius 1 is 1.06 bits per heavy atom. The minimum atomic E-state index is -0.261. The van der Waals surface area contributed by atoms with E-state index < -0.39 is 0 Å². The van der Waals surface area contributed by atoms with Crippen LogP contribution in [0.5, 0.6) is 11.5 Å². The smallest absolute Gasteiger partial charge is 0.319 e. The number of hydrogen-bond donors (Lipinski definition) is 2. The lowest BCUT2D eigenvalue weighted by atomic mass is 10.1. The van der Waals surface area contributed by atoms with Gasteiger partial charge in [0, 0.05) is 37.9 Å². The van der Waals surface area contributed by atoms with E-state index in [1.54, 1.807) is 25.3 Å². The molecule has 0 saturated carbocycles. The molecular formula is C26H37N3O4. The van der Waals surface area contributed by atoms with Gasteiger partial charge in [-0.1, -0.05) is 38.1 Å². The van der Waals surface area contributed by atoms with E-state index in [1.807, 2.05) is 0 Å². The van der Waals surface area contributed by atoms with Crippen molar-refractivity contribution in [3.63, 3.8) is 0 Å². The first kappa shape index (κ1) is 24.9. The molecule has 1 fully saturated rings. The third-order valence-electron chi connectivity index (χ3n) is 5.59. The Morgan fingerprint density at radius 3 is 2.48 bits per heavy atom. The highest BCUT2D eigenvalue weighted by Gasteiger charge is 2.11. The van der Waals surface area contributed by atoms with Gasteiger partial charge in [0.1, 0.15) is 0 Å². The van der Waals surface area contributed by atoms with E-state index in [4.69, 9.17) is 14.2 Å². The highest BCUT2D eigenvalue weighted by molar-refractivity contribution is 5.89. The van der Waals surface area contributed by atoms with Crippen molar-refractivity contribution in [2.24, 2.45) is 5.92 Å². The number of carbonyl (C=O) groups is 1. The average molecular weight is 456 g/mol. The standard InChI is InChI=1S/C26H37N3O4/c1-20(2)5-4-14-33-25-17-23(10-11-24(25)31-3)28-26(30)27-18-21-6-8-22(9-7-21)19-29-12-15-32-16-13-29/h6-11,17,20H,4-5,12-16,18-19H2,1-3H3,(H2,27,28,30). The summed E-state index contributed by atoms with van der Waals surface area (Å²) in [6.45, 7) is 9.95. The Morgan fingerprint density at radius 2 is 1.79 bits per heavy atom. The number of nitrogens with one attached hydrogen (secondary N) is 2. The van der Waals surface area contributed by atoms with Gasteiger partial charge in [-0.3, -0.25) is 4.90 Å². The number of anilines is 1. The van der Waals surface area contributed by atoms with Gasteiger partial charge in [-0.15, -0.1) is 0 Å². The topological polar surface area (TPSA) is 72.1 Å². The first-order valence-corrected chi connectivity index (χ1v) is 11.8. The Balaban J connectivity index is 1.46. The molecule has 0 bridgehead atoms. The maximum Gasteiger partial charge on any atom is 0.319 e. The van der Waals surface area contributed by atoms with Crippen LogP contribution in [-0.4, -0.2) is 51.0 Å². The van der Waals surface area contributed by atoms with Gasteiger partial charge in [0.05, 0.1) is 26.9 Å². The lowest BCUT2D eigenvalue weighted by molar-refractivity contribution is 0.0342. The highest BCUT2D eigenvalue weighted by Crippen LogP contribution is 2.30. The number of nitrogens with zero attached hydrogens (tertiary/aromatic N) is 1. The zero-order valence-corrected chi connectivity index (χ0v) is 20.1. The van der Waals surface area contributed by atoms with Crippen molar-refractivity contribution in [2.75, 3.05) is 45.3 Å². The minimum absolute atomic E-state index is 0.261. The van der Waals surface area contributed by atoms with Crippen molar-refractivity contribution in [3.8, 4) is 11.5 Å². The number of amides is 2. The van der Waals surface area contributed by atoms with Gasteiger partial charge < -0.3 is 24.8 Å². The minimum Gasteiger partial charge on any atom is -0.493 e. The molecule has 1 aliphatic rings. The number of morpholine rings is 1. The summed E-state index contributed by atoms with van der Waals surface area (Å²) in [7, 11) is 1.61. The maximum atomic E-state index is 12.4. The molecule has 0 unspecified atom stereocenters. The predicted octanol–water partition coefficient (Wildman–Crippen LogP) is 4.66. The van der Waals surface area contributed by atoms with E-state index in [0.717, 1.165) is 51.3 Å². The normalized spacial score (nSPS) is 14.2. The van der Waals surface area contributed by atoms with Gasteiger partial charge in [0.25, 0.3) is 0 Å². The number of ether oxygens (including phenoxy) is 3. The Kier molecular flexibility index (Phi) is 9.84. The average Bonchev–Trinajstić information content (AvgIpc) is 2.82. The van der Waals surface area contributed by atoms with Gasteiger partial charge in [-0.2, -0.15) is 0 Å². The van der Waals surface area contributed by atoms with Crippen molar-refractivity contribution in [2.45, 2.75) is 39.8 Å². The van der Waals surface area contributed by atoms with E-state index in [2.05, 4.69) is 53.6 Å². The zero-order valence-electron chi connectivity index (χ0n) is 20.1. The maximum absolute atomic E-state index is 12.4. The third kappa shape index (κ3) is 8.59. The van der Waals surface area contributed by atoms with Crippen LogP contribution in [0, 0.1) is 5.92 Å². The fraction of sp³-hybridized carbons (Fsp3) is 0.500. The SMILES string of the molecule is COc1ccc(NC(=O)NCc2ccc(CN3CCOCC3)cc2)cc1OCCCC(C)C. The summed E-state index contributed by atoms with van der Waals surface area (Å²) < 4.78 is 16.7. The fourth-order valence-electron chi connectivity index (χ4n) is 3.68. The summed E-state index contributed by atoms with van der Waals surface area (Å²) in [6.07, 6.45) is 2.08. The lowest BCUT2D eigenvalue weighted by Crippen LogP contribution is -2.35. The van der Waals surface area contributed by atoms with Gasteiger partial charge in [0.15, 0.2) is 11.5 Å². The van der Waals surface area contributed by atoms with Crippen LogP contribution in [-0.2, 0) is 17.8 Å². The summed E-state index contributed by atoms with van der Waals surface area (Å²) in [5, 5.41) is 5.79. The van der Waals surface area contributed by atoms with Crippen LogP contribution in [0.2, 0.25) is 0 Å². The fourth-order valence-corrected chi connectivity index (χ4v) is 3.68. The van der Waals surface area contributed by atoms with Gasteiger partial charge in [-0.25, -0.2) is 4.79 Å². The van der Waals surface area contributed by atoms with E-state index in [0.29, 0.717) is 36.3 Å². The van der Waals surface area contributed by atoms with Crippen LogP contribution in [0.25, 0.3) is 0 Å². The second kappa shape index (κ2) is 13.1. The summed E-state index contributed by atoms with van der Waals surface area (Å²) in [4.78, 5) is 14.8. The molecular weight excluding hydrogens is 418 g/mol. The molecule has 180 valence electrons. The predicted molar refractivity (Wildman–Crippen MR) is 131 cm³/mol. The third-order valence-corrected chi connectivity index (χ3v) is 5.59. The van der Waals surface area contributed by atoms with E-state index in [-0.39, 0.29) is 6.03 Å². The summed E-state index contributed by atoms with van der Waals surface area (Å²) in [6, 6.07) is 13.5. The molecule has 33 heavy (non-hydrogen) atoms. The molecule has 2 N–H and O–H groups in total. The molecule has 0 spiro atoms. The molecule has 1 heterocycles. The van der Waals surface area contributed by atoms with Crippen LogP contribution in [0.3, 0.4) is 0 Å². The van der Waals surface area contributed by atoms with Crippen LogP contribution in [0.1, 0.15) is 37.8 Å². The van der Waals surface area contributed by atoms with Crippen molar-refractivity contribution in [3.05, 3.63) is 53.6 Å². The molecule has 0 aromatic heterocycles. The van der Waals surface area contributed by atoms with E-state index >= 15 is 0 Å². The molecule has 7 nitrogen and oxygen atoms in total. The molecule has 1 aliphatic heterocycles. The lowest BCUT2D eigenvalue weighted by Gasteiger charge is -2.26. The monoisotopic (exact) mass is 455 g/mol. The number of urea groups is 1. The molecule has 7 heteroatoms. The van der Waals surface area contributed by atoms with Gasteiger partial charge in [-0.05, 0) is 42.0 Å². The molecule has 1 saturated heterocycles. The highest BCUT2D eigenvalue weighted by atomic mass is 16.5. The zero-order chi connectivity index (χ0) is 23.5. The van der Waals surface area contributed by atoms with E-state index in [1.165, 1.54) is 5.56 Å². The van der Waals surface area contributed by atoms with Crippen molar-refractivity contribution < 1.29 is 19.0 Å². The molecule has 0 aliphatic carbocycles. The van der Waals surface area contributed by atoms with E-state index in [9.17, 15) is 4.79 Å². The quantitative estimate of drug-likeness (QED) is 0.482. The molecule has 3 rings (SSSR count). The Hall–Kier alpha value is -2.77. The second-order valence-corrected chi connectivity index (χ2v) is 8.76. The van der Waals surface area contributed by atoms with Crippen LogP contribution < -0.4 is 20.1 Å². The summed E-state index contributed by atoms with van der Waals surface area (Å²) >= 11 is 0. The van der Waals surface area contributed by atoms with Crippen molar-refractivity contribution in [1.29, 1.82) is 0 Å². The number of rotatable bonds is 11. The number of methoxy groups -OCH3 is 1. The van der Waals surface area contributed by atoms with Gasteiger partial charge >= 0.3 is 6.03 Å². The largest absolute Gasteiger partial charge is 0.493 e. The number of benzene rings is 2. The van der Waals surface area contributed by atoms with Crippen molar-refractivity contribution >= 4 is 11.7 Å². The number of carbonyl (C=O) groups excluding carboxylic acids is 1.